The fraction of sp³-hybridized carbons (Fsp3) is 0.231. The summed E-state index contributed by atoms with van der Waals surface area (Å²) in [4.78, 5) is 30.0. The average Bonchev–Trinajstić information content (AvgIpc) is 3.21. The van der Waals surface area contributed by atoms with Gasteiger partial charge in [-0.2, -0.15) is 0 Å². The maximum atomic E-state index is 14.7. The van der Waals surface area contributed by atoms with Crippen LogP contribution in [0.3, 0.4) is 0 Å². The third-order valence-electron chi connectivity index (χ3n) is 6.14. The Morgan fingerprint density at radius 2 is 1.78 bits per heavy atom. The van der Waals surface area contributed by atoms with E-state index in [2.05, 4.69) is 9.97 Å². The fourth-order valence-corrected chi connectivity index (χ4v) is 4.53. The highest BCUT2D eigenvalue weighted by molar-refractivity contribution is 6.33. The molecule has 4 heterocycles. The van der Waals surface area contributed by atoms with Gasteiger partial charge in [0, 0.05) is 55.8 Å². The van der Waals surface area contributed by atoms with Crippen molar-refractivity contribution >= 4 is 23.3 Å². The number of aryl methyl sites for hydroxylation is 2. The molecule has 0 unspecified atom stereocenters. The molecule has 0 atom stereocenters. The summed E-state index contributed by atoms with van der Waals surface area (Å²) in [6, 6.07) is 6.74. The average molecular weight is 510 g/mol. The standard InChI is InChI=1S/C26H22ClF2N5O2/c1-15-11-20(16(2)36-15)26(35)34-9-7-33(8-10-34)23-14-31-24(19-4-3-17(28)12-22(19)29)25(32-23)18-5-6-30-13-21(18)27/h3-6,11-14H,7-10H2,1-2H3. The lowest BCUT2D eigenvalue weighted by molar-refractivity contribution is 0.0744. The van der Waals surface area contributed by atoms with Gasteiger partial charge in [-0.1, -0.05) is 11.6 Å². The van der Waals surface area contributed by atoms with Crippen LogP contribution >= 0.6 is 11.6 Å². The zero-order valence-electron chi connectivity index (χ0n) is 19.6. The number of carbonyl (C=O) groups is 1. The molecule has 1 amide bonds. The zero-order chi connectivity index (χ0) is 25.4. The number of amides is 1. The maximum Gasteiger partial charge on any atom is 0.257 e. The molecule has 0 radical (unpaired) electrons. The summed E-state index contributed by atoms with van der Waals surface area (Å²) in [7, 11) is 0. The third-order valence-corrected chi connectivity index (χ3v) is 6.44. The molecule has 1 saturated heterocycles. The van der Waals surface area contributed by atoms with Crippen molar-refractivity contribution in [1.82, 2.24) is 19.9 Å². The van der Waals surface area contributed by atoms with Crippen molar-refractivity contribution in [2.45, 2.75) is 13.8 Å². The molecule has 1 fully saturated rings. The van der Waals surface area contributed by atoms with Gasteiger partial charge < -0.3 is 14.2 Å². The molecule has 5 rings (SSSR count). The summed E-state index contributed by atoms with van der Waals surface area (Å²) in [5.74, 6) is 0.365. The number of furan rings is 1. The van der Waals surface area contributed by atoms with Crippen LogP contribution in [0.2, 0.25) is 5.02 Å². The number of piperazine rings is 1. The lowest BCUT2D eigenvalue weighted by atomic mass is 10.0. The second-order valence-corrected chi connectivity index (χ2v) is 8.92. The molecule has 0 aliphatic carbocycles. The summed E-state index contributed by atoms with van der Waals surface area (Å²) in [5.41, 5.74) is 1.80. The summed E-state index contributed by atoms with van der Waals surface area (Å²) in [6.07, 6.45) is 4.59. The van der Waals surface area contributed by atoms with Crippen LogP contribution in [-0.4, -0.2) is 51.9 Å². The zero-order valence-corrected chi connectivity index (χ0v) is 20.4. The van der Waals surface area contributed by atoms with Gasteiger partial charge in [0.05, 0.1) is 22.5 Å². The Morgan fingerprint density at radius 3 is 2.44 bits per heavy atom. The Bertz CT molecular complexity index is 1450. The maximum absolute atomic E-state index is 14.7. The van der Waals surface area contributed by atoms with Gasteiger partial charge >= 0.3 is 0 Å². The summed E-state index contributed by atoms with van der Waals surface area (Å²) in [6.45, 7) is 5.64. The van der Waals surface area contributed by atoms with E-state index in [9.17, 15) is 13.6 Å². The minimum Gasteiger partial charge on any atom is -0.466 e. The lowest BCUT2D eigenvalue weighted by Crippen LogP contribution is -2.49. The van der Waals surface area contributed by atoms with Crippen LogP contribution in [-0.2, 0) is 0 Å². The van der Waals surface area contributed by atoms with E-state index in [1.807, 2.05) is 11.8 Å². The number of carbonyl (C=O) groups excluding carboxylic acids is 1. The molecule has 0 bridgehead atoms. The van der Waals surface area contributed by atoms with Gasteiger partial charge in [0.15, 0.2) is 0 Å². The van der Waals surface area contributed by atoms with Crippen LogP contribution in [0.4, 0.5) is 14.6 Å². The summed E-state index contributed by atoms with van der Waals surface area (Å²) in [5, 5.41) is 0.328. The largest absolute Gasteiger partial charge is 0.466 e. The molecule has 1 aliphatic rings. The highest BCUT2D eigenvalue weighted by Gasteiger charge is 2.26. The van der Waals surface area contributed by atoms with Crippen LogP contribution in [0.1, 0.15) is 21.9 Å². The van der Waals surface area contributed by atoms with E-state index in [1.54, 1.807) is 36.4 Å². The van der Waals surface area contributed by atoms with E-state index in [0.717, 1.165) is 6.07 Å². The normalized spacial score (nSPS) is 13.8. The first-order chi connectivity index (χ1) is 17.3. The lowest BCUT2D eigenvalue weighted by Gasteiger charge is -2.35. The number of hydrogen-bond acceptors (Lipinski definition) is 6. The number of rotatable bonds is 4. The summed E-state index contributed by atoms with van der Waals surface area (Å²) < 4.78 is 33.7. The van der Waals surface area contributed by atoms with Gasteiger partial charge in [-0.3, -0.25) is 9.78 Å². The Kier molecular flexibility index (Phi) is 6.40. The van der Waals surface area contributed by atoms with Crippen LogP contribution < -0.4 is 4.90 Å². The van der Waals surface area contributed by atoms with Crippen molar-refractivity contribution in [2.75, 3.05) is 31.1 Å². The Hall–Kier alpha value is -3.85. The first-order valence-electron chi connectivity index (χ1n) is 11.4. The van der Waals surface area contributed by atoms with Crippen molar-refractivity contribution in [1.29, 1.82) is 0 Å². The topological polar surface area (TPSA) is 75.4 Å². The van der Waals surface area contributed by atoms with Crippen molar-refractivity contribution in [2.24, 2.45) is 0 Å². The van der Waals surface area contributed by atoms with Crippen LogP contribution in [0.25, 0.3) is 22.5 Å². The predicted molar refractivity (Wildman–Crippen MR) is 132 cm³/mol. The number of benzene rings is 1. The second kappa shape index (κ2) is 9.66. The number of pyridine rings is 1. The molecule has 10 heteroatoms. The van der Waals surface area contributed by atoms with E-state index in [4.69, 9.17) is 21.0 Å². The minimum absolute atomic E-state index is 0.0681. The van der Waals surface area contributed by atoms with Gasteiger partial charge in [0.1, 0.15) is 34.7 Å². The molecule has 184 valence electrons. The Balaban J connectivity index is 1.45. The minimum atomic E-state index is -0.750. The van der Waals surface area contributed by atoms with Gasteiger partial charge in [0.2, 0.25) is 0 Å². The molecular weight excluding hydrogens is 488 g/mol. The smallest absolute Gasteiger partial charge is 0.257 e. The van der Waals surface area contributed by atoms with Crippen molar-refractivity contribution in [3.05, 3.63) is 82.7 Å². The highest BCUT2D eigenvalue weighted by Crippen LogP contribution is 2.35. The van der Waals surface area contributed by atoms with E-state index < -0.39 is 11.6 Å². The number of nitrogens with zero attached hydrogens (tertiary/aromatic N) is 5. The molecule has 7 nitrogen and oxygen atoms in total. The van der Waals surface area contributed by atoms with Crippen LogP contribution in [0.15, 0.2) is 53.3 Å². The van der Waals surface area contributed by atoms with Crippen LogP contribution in [0, 0.1) is 25.5 Å². The van der Waals surface area contributed by atoms with E-state index in [0.29, 0.717) is 65.4 Å². The quantitative estimate of drug-likeness (QED) is 0.371. The van der Waals surface area contributed by atoms with Crippen molar-refractivity contribution in [3.8, 4) is 22.5 Å². The molecule has 3 aromatic heterocycles. The molecule has 4 aromatic rings. The molecule has 1 aliphatic heterocycles. The second-order valence-electron chi connectivity index (χ2n) is 8.51. The fourth-order valence-electron chi connectivity index (χ4n) is 4.32. The predicted octanol–water partition coefficient (Wildman–Crippen LogP) is 5.31. The molecule has 0 spiro atoms. The number of aromatic nitrogens is 3. The molecule has 0 N–H and O–H groups in total. The summed E-state index contributed by atoms with van der Waals surface area (Å²) >= 11 is 6.40. The Morgan fingerprint density at radius 1 is 1.00 bits per heavy atom. The third kappa shape index (κ3) is 4.54. The Labute approximate surface area is 211 Å². The number of halogens is 3. The first-order valence-corrected chi connectivity index (χ1v) is 11.7. The van der Waals surface area contributed by atoms with E-state index in [-0.39, 0.29) is 17.2 Å². The monoisotopic (exact) mass is 509 g/mol. The highest BCUT2D eigenvalue weighted by atomic mass is 35.5. The molecule has 36 heavy (non-hydrogen) atoms. The van der Waals surface area contributed by atoms with Gasteiger partial charge in [-0.15, -0.1) is 0 Å². The molecule has 0 saturated carbocycles. The van der Waals surface area contributed by atoms with Crippen LogP contribution in [0.5, 0.6) is 0 Å². The van der Waals surface area contributed by atoms with E-state index >= 15 is 0 Å². The molecular formula is C26H22ClF2N5O2. The van der Waals surface area contributed by atoms with Gasteiger partial charge in [0.25, 0.3) is 5.91 Å². The van der Waals surface area contributed by atoms with Gasteiger partial charge in [-0.05, 0) is 38.1 Å². The van der Waals surface area contributed by atoms with Crippen molar-refractivity contribution in [3.63, 3.8) is 0 Å². The SMILES string of the molecule is Cc1cc(C(=O)N2CCN(c3cnc(-c4ccc(F)cc4F)c(-c4ccncc4Cl)n3)CC2)c(C)o1. The number of hydrogen-bond donors (Lipinski definition) is 0. The molecule has 1 aromatic carbocycles. The first kappa shape index (κ1) is 23.9. The van der Waals surface area contributed by atoms with E-state index in [1.165, 1.54) is 18.3 Å². The van der Waals surface area contributed by atoms with Crippen molar-refractivity contribution < 1.29 is 18.0 Å². The van der Waals surface area contributed by atoms with Gasteiger partial charge in [-0.25, -0.2) is 18.7 Å². The number of anilines is 1.